The molecule has 1 atom stereocenters. The lowest BCUT2D eigenvalue weighted by atomic mass is 9.61. The lowest BCUT2D eigenvalue weighted by molar-refractivity contribution is 0.175. The van der Waals surface area contributed by atoms with Gasteiger partial charge in [0.1, 0.15) is 0 Å². The van der Waals surface area contributed by atoms with Crippen molar-refractivity contribution in [2.45, 2.75) is 32.1 Å². The standard InChI is InChI=1S/C13H15N/c1-11(12-6-3-2-4-7-12)13(10-14)8-5-9-13/h2-4,6-7,11H,5,8-9H2,1H3. The number of rotatable bonds is 2. The summed E-state index contributed by atoms with van der Waals surface area (Å²) in [6.45, 7) is 2.18. The smallest absolute Gasteiger partial charge is 0.0696 e. The van der Waals surface area contributed by atoms with Crippen molar-refractivity contribution >= 4 is 0 Å². The first-order valence-corrected chi connectivity index (χ1v) is 5.25. The molecule has 1 aromatic carbocycles. The fourth-order valence-electron chi connectivity index (χ4n) is 2.26. The van der Waals surface area contributed by atoms with Gasteiger partial charge in [-0.15, -0.1) is 0 Å². The molecule has 1 saturated carbocycles. The predicted molar refractivity (Wildman–Crippen MR) is 56.8 cm³/mol. The van der Waals surface area contributed by atoms with Gasteiger partial charge in [-0.2, -0.15) is 5.26 Å². The molecule has 0 aliphatic heterocycles. The molecule has 0 N–H and O–H groups in total. The van der Waals surface area contributed by atoms with Crippen LogP contribution in [0.15, 0.2) is 30.3 Å². The minimum Gasteiger partial charge on any atom is -0.198 e. The molecule has 2 rings (SSSR count). The number of hydrogen-bond acceptors (Lipinski definition) is 1. The Bertz CT molecular complexity index is 343. The van der Waals surface area contributed by atoms with Crippen molar-refractivity contribution in [1.29, 1.82) is 5.26 Å². The van der Waals surface area contributed by atoms with E-state index in [1.807, 2.05) is 6.07 Å². The van der Waals surface area contributed by atoms with E-state index in [-0.39, 0.29) is 5.41 Å². The van der Waals surface area contributed by atoms with Crippen molar-refractivity contribution in [2.24, 2.45) is 5.41 Å². The third-order valence-electron chi connectivity index (χ3n) is 3.60. The second kappa shape index (κ2) is 3.46. The van der Waals surface area contributed by atoms with E-state index in [0.717, 1.165) is 12.8 Å². The Morgan fingerprint density at radius 1 is 1.29 bits per heavy atom. The first-order chi connectivity index (χ1) is 6.78. The summed E-state index contributed by atoms with van der Waals surface area (Å²) in [6, 6.07) is 12.9. The zero-order valence-corrected chi connectivity index (χ0v) is 8.53. The van der Waals surface area contributed by atoms with E-state index in [0.29, 0.717) is 5.92 Å². The Kier molecular flexibility index (Phi) is 2.29. The van der Waals surface area contributed by atoms with Crippen LogP contribution in [0.25, 0.3) is 0 Å². The molecule has 0 saturated heterocycles. The van der Waals surface area contributed by atoms with Crippen molar-refractivity contribution in [3.63, 3.8) is 0 Å². The molecule has 1 fully saturated rings. The summed E-state index contributed by atoms with van der Waals surface area (Å²) in [4.78, 5) is 0. The summed E-state index contributed by atoms with van der Waals surface area (Å²) in [5.74, 6) is 0.377. The van der Waals surface area contributed by atoms with Gasteiger partial charge >= 0.3 is 0 Å². The molecule has 0 aromatic heterocycles. The van der Waals surface area contributed by atoms with Crippen molar-refractivity contribution in [3.05, 3.63) is 35.9 Å². The fraction of sp³-hybridized carbons (Fsp3) is 0.462. The minimum atomic E-state index is -0.0681. The molecule has 1 aliphatic carbocycles. The molecular formula is C13H15N. The molecule has 0 bridgehead atoms. The van der Waals surface area contributed by atoms with E-state index < -0.39 is 0 Å². The van der Waals surface area contributed by atoms with Crippen LogP contribution in [0, 0.1) is 16.7 Å². The molecule has 72 valence electrons. The predicted octanol–water partition coefficient (Wildman–Crippen LogP) is 3.48. The van der Waals surface area contributed by atoms with Crippen molar-refractivity contribution in [2.75, 3.05) is 0 Å². The average Bonchev–Trinajstić information content (AvgIpc) is 2.18. The number of nitriles is 1. The van der Waals surface area contributed by atoms with Crippen LogP contribution in [0.2, 0.25) is 0 Å². The van der Waals surface area contributed by atoms with E-state index >= 15 is 0 Å². The molecular weight excluding hydrogens is 170 g/mol. The van der Waals surface area contributed by atoms with Crippen LogP contribution in [-0.4, -0.2) is 0 Å². The third kappa shape index (κ3) is 1.32. The summed E-state index contributed by atoms with van der Waals surface area (Å²) >= 11 is 0. The maximum Gasteiger partial charge on any atom is 0.0696 e. The maximum absolute atomic E-state index is 9.22. The third-order valence-corrected chi connectivity index (χ3v) is 3.60. The fourth-order valence-corrected chi connectivity index (χ4v) is 2.26. The Balaban J connectivity index is 2.24. The first-order valence-electron chi connectivity index (χ1n) is 5.25. The molecule has 1 nitrogen and oxygen atoms in total. The molecule has 1 unspecified atom stereocenters. The highest BCUT2D eigenvalue weighted by molar-refractivity contribution is 5.26. The lowest BCUT2D eigenvalue weighted by Gasteiger charge is -2.40. The van der Waals surface area contributed by atoms with Gasteiger partial charge in [0.25, 0.3) is 0 Å². The average molecular weight is 185 g/mol. The monoisotopic (exact) mass is 185 g/mol. The van der Waals surface area contributed by atoms with Gasteiger partial charge in [0.2, 0.25) is 0 Å². The topological polar surface area (TPSA) is 23.8 Å². The molecule has 1 heteroatoms. The second-order valence-corrected chi connectivity index (χ2v) is 4.25. The molecule has 14 heavy (non-hydrogen) atoms. The van der Waals surface area contributed by atoms with Gasteiger partial charge in [-0.3, -0.25) is 0 Å². The van der Waals surface area contributed by atoms with E-state index in [1.165, 1.54) is 12.0 Å². The highest BCUT2D eigenvalue weighted by Gasteiger charge is 2.42. The molecule has 1 aromatic rings. The summed E-state index contributed by atoms with van der Waals surface area (Å²) in [6.07, 6.45) is 3.35. The van der Waals surface area contributed by atoms with Crippen LogP contribution in [0.1, 0.15) is 37.7 Å². The zero-order valence-electron chi connectivity index (χ0n) is 8.53. The van der Waals surface area contributed by atoms with Crippen molar-refractivity contribution in [1.82, 2.24) is 0 Å². The SMILES string of the molecule is CC(c1ccccc1)C1(C#N)CCC1. The highest BCUT2D eigenvalue weighted by Crippen LogP contribution is 2.50. The number of nitrogens with zero attached hydrogens (tertiary/aromatic N) is 1. The van der Waals surface area contributed by atoms with Gasteiger partial charge in [-0.25, -0.2) is 0 Å². The quantitative estimate of drug-likeness (QED) is 0.692. The first kappa shape index (κ1) is 9.27. The minimum absolute atomic E-state index is 0.0681. The van der Waals surface area contributed by atoms with Crippen molar-refractivity contribution < 1.29 is 0 Å². The molecule has 0 radical (unpaired) electrons. The summed E-state index contributed by atoms with van der Waals surface area (Å²) in [5.41, 5.74) is 1.23. The van der Waals surface area contributed by atoms with Gasteiger partial charge in [0.05, 0.1) is 11.5 Å². The Morgan fingerprint density at radius 3 is 2.36 bits per heavy atom. The largest absolute Gasteiger partial charge is 0.198 e. The van der Waals surface area contributed by atoms with Crippen LogP contribution in [-0.2, 0) is 0 Å². The normalized spacial score (nSPS) is 20.6. The van der Waals surface area contributed by atoms with Gasteiger partial charge < -0.3 is 0 Å². The Morgan fingerprint density at radius 2 is 1.93 bits per heavy atom. The number of benzene rings is 1. The van der Waals surface area contributed by atoms with Crippen LogP contribution in [0.4, 0.5) is 0 Å². The molecule has 1 aliphatic rings. The van der Waals surface area contributed by atoms with Crippen molar-refractivity contribution in [3.8, 4) is 6.07 Å². The maximum atomic E-state index is 9.22. The van der Waals surface area contributed by atoms with E-state index in [4.69, 9.17) is 0 Å². The van der Waals surface area contributed by atoms with Crippen LogP contribution < -0.4 is 0 Å². The van der Waals surface area contributed by atoms with Gasteiger partial charge in [-0.05, 0) is 24.3 Å². The van der Waals surface area contributed by atoms with Gasteiger partial charge in [-0.1, -0.05) is 43.7 Å². The Labute approximate surface area is 85.4 Å². The Hall–Kier alpha value is -1.29. The van der Waals surface area contributed by atoms with Gasteiger partial charge in [0.15, 0.2) is 0 Å². The number of hydrogen-bond donors (Lipinski definition) is 0. The van der Waals surface area contributed by atoms with Gasteiger partial charge in [0, 0.05) is 0 Å². The summed E-state index contributed by atoms with van der Waals surface area (Å²) in [7, 11) is 0. The van der Waals surface area contributed by atoms with Crippen LogP contribution in [0.3, 0.4) is 0 Å². The highest BCUT2D eigenvalue weighted by atomic mass is 14.5. The van der Waals surface area contributed by atoms with E-state index in [1.54, 1.807) is 0 Å². The lowest BCUT2D eigenvalue weighted by Crippen LogP contribution is -2.33. The molecule has 0 heterocycles. The van der Waals surface area contributed by atoms with Crippen LogP contribution in [0.5, 0.6) is 0 Å². The zero-order chi connectivity index (χ0) is 10.0. The second-order valence-electron chi connectivity index (χ2n) is 4.25. The van der Waals surface area contributed by atoms with E-state index in [2.05, 4.69) is 37.3 Å². The molecule has 0 spiro atoms. The van der Waals surface area contributed by atoms with E-state index in [9.17, 15) is 5.26 Å². The van der Waals surface area contributed by atoms with Crippen LogP contribution >= 0.6 is 0 Å². The molecule has 0 amide bonds. The summed E-state index contributed by atoms with van der Waals surface area (Å²) < 4.78 is 0. The summed E-state index contributed by atoms with van der Waals surface area (Å²) in [5, 5.41) is 9.22.